The van der Waals surface area contributed by atoms with Crippen molar-refractivity contribution >= 4 is 50.9 Å². The number of ether oxygens (including phenoxy) is 1. The average Bonchev–Trinajstić information content (AvgIpc) is 2.77. The number of hydrogen-bond donors (Lipinski definition) is 1. The van der Waals surface area contributed by atoms with Crippen molar-refractivity contribution in [3.8, 4) is 5.75 Å². The molecular weight excluding hydrogens is 527 g/mol. The molecule has 1 N–H and O–H groups in total. The molecule has 2 aromatic carbocycles. The summed E-state index contributed by atoms with van der Waals surface area (Å²) in [6, 6.07) is 10.2. The van der Waals surface area contributed by atoms with E-state index < -0.39 is 6.04 Å². The normalized spacial score (nSPS) is 11.9. The molecule has 1 atom stereocenters. The highest BCUT2D eigenvalue weighted by atomic mass is 79.9. The fourth-order valence-electron chi connectivity index (χ4n) is 3.28. The largest absolute Gasteiger partial charge is 0.483 e. The van der Waals surface area contributed by atoms with E-state index in [9.17, 15) is 9.59 Å². The Bertz CT molecular complexity index is 969. The number of carbonyl (C=O) groups is 2. The Morgan fingerprint density at radius 3 is 2.42 bits per heavy atom. The Hall–Kier alpha value is -1.76. The molecule has 8 heteroatoms. The second-order valence-corrected chi connectivity index (χ2v) is 9.93. The predicted molar refractivity (Wildman–Crippen MR) is 138 cm³/mol. The van der Waals surface area contributed by atoms with Crippen molar-refractivity contribution < 1.29 is 14.3 Å². The molecule has 0 aliphatic carbocycles. The van der Waals surface area contributed by atoms with Crippen LogP contribution in [0.2, 0.25) is 10.0 Å². The highest BCUT2D eigenvalue weighted by molar-refractivity contribution is 9.10. The summed E-state index contributed by atoms with van der Waals surface area (Å²) in [4.78, 5) is 27.8. The fourth-order valence-corrected chi connectivity index (χ4v) is 4.29. The molecular formula is C25H31BrCl2N2O3. The summed E-state index contributed by atoms with van der Waals surface area (Å²) >= 11 is 15.9. The summed E-state index contributed by atoms with van der Waals surface area (Å²) in [6.07, 6.45) is 1.35. The first-order valence-corrected chi connectivity index (χ1v) is 12.6. The number of hydrogen-bond acceptors (Lipinski definition) is 3. The molecule has 0 unspecified atom stereocenters. The van der Waals surface area contributed by atoms with Crippen LogP contribution in [0.4, 0.5) is 0 Å². The van der Waals surface area contributed by atoms with Crippen LogP contribution in [-0.4, -0.2) is 35.9 Å². The van der Waals surface area contributed by atoms with Gasteiger partial charge in [0.1, 0.15) is 11.8 Å². The molecule has 0 heterocycles. The van der Waals surface area contributed by atoms with Crippen LogP contribution in [0.15, 0.2) is 40.9 Å². The van der Waals surface area contributed by atoms with Gasteiger partial charge in [-0.2, -0.15) is 0 Å². The lowest BCUT2D eigenvalue weighted by atomic mass is 10.1. The molecule has 0 saturated heterocycles. The number of amides is 2. The first kappa shape index (κ1) is 27.5. The van der Waals surface area contributed by atoms with Crippen molar-refractivity contribution in [2.45, 2.75) is 53.1 Å². The van der Waals surface area contributed by atoms with E-state index in [2.05, 4.69) is 28.2 Å². The summed E-state index contributed by atoms with van der Waals surface area (Å²) < 4.78 is 6.60. The molecule has 0 aromatic heterocycles. The zero-order chi connectivity index (χ0) is 24.5. The van der Waals surface area contributed by atoms with Gasteiger partial charge in [-0.25, -0.2) is 0 Å². The smallest absolute Gasteiger partial charge is 0.261 e. The monoisotopic (exact) mass is 556 g/mol. The zero-order valence-corrected chi connectivity index (χ0v) is 22.6. The maximum atomic E-state index is 13.3. The highest BCUT2D eigenvalue weighted by Gasteiger charge is 2.29. The number of nitrogens with zero attached hydrogens (tertiary/aromatic N) is 1. The lowest BCUT2D eigenvalue weighted by Gasteiger charge is -2.31. The SMILES string of the molecule is CCc1ccc(OCC(=O)N(Cc2ccc(Cl)cc2Cl)[C@H](CC)C(=O)NCC(C)C)c(Br)c1. The van der Waals surface area contributed by atoms with Crippen molar-refractivity contribution in [3.63, 3.8) is 0 Å². The van der Waals surface area contributed by atoms with Gasteiger partial charge in [-0.3, -0.25) is 9.59 Å². The first-order valence-electron chi connectivity index (χ1n) is 11.1. The quantitative estimate of drug-likeness (QED) is 0.354. The van der Waals surface area contributed by atoms with E-state index in [1.807, 2.05) is 39.0 Å². The number of nitrogens with one attached hydrogen (secondary N) is 1. The summed E-state index contributed by atoms with van der Waals surface area (Å²) in [5.74, 6) is 0.368. The number of carbonyl (C=O) groups excluding carboxylic acids is 2. The zero-order valence-electron chi connectivity index (χ0n) is 19.5. The Morgan fingerprint density at radius 2 is 1.85 bits per heavy atom. The van der Waals surface area contributed by atoms with Crippen LogP contribution < -0.4 is 10.1 Å². The number of halogens is 3. The minimum absolute atomic E-state index is 0.168. The van der Waals surface area contributed by atoms with Crippen molar-refractivity contribution in [1.82, 2.24) is 10.2 Å². The number of aryl methyl sites for hydroxylation is 1. The summed E-state index contributed by atoms with van der Waals surface area (Å²) in [7, 11) is 0. The second kappa shape index (κ2) is 13.2. The van der Waals surface area contributed by atoms with E-state index in [4.69, 9.17) is 27.9 Å². The molecule has 0 bridgehead atoms. The maximum Gasteiger partial charge on any atom is 0.261 e. The van der Waals surface area contributed by atoms with Crippen molar-refractivity contribution in [2.24, 2.45) is 5.92 Å². The molecule has 5 nitrogen and oxygen atoms in total. The van der Waals surface area contributed by atoms with E-state index >= 15 is 0 Å². The van der Waals surface area contributed by atoms with E-state index in [-0.39, 0.29) is 25.0 Å². The average molecular weight is 558 g/mol. The minimum atomic E-state index is -0.655. The van der Waals surface area contributed by atoms with E-state index in [0.29, 0.717) is 40.2 Å². The molecule has 2 rings (SSSR count). The van der Waals surface area contributed by atoms with Gasteiger partial charge >= 0.3 is 0 Å². The standard InChI is InChI=1S/C25H31BrCl2N2O3/c1-5-17-7-10-23(20(26)11-17)33-15-24(31)30(14-18-8-9-19(27)12-21(18)28)22(6-2)25(32)29-13-16(3)4/h7-12,16,22H,5-6,13-15H2,1-4H3,(H,29,32)/t22-/m1/s1. The van der Waals surface area contributed by atoms with Gasteiger partial charge in [0.25, 0.3) is 5.91 Å². The van der Waals surface area contributed by atoms with Crippen molar-refractivity contribution in [2.75, 3.05) is 13.2 Å². The molecule has 2 amide bonds. The van der Waals surface area contributed by atoms with E-state index in [1.165, 1.54) is 4.90 Å². The third-order valence-electron chi connectivity index (χ3n) is 5.18. The minimum Gasteiger partial charge on any atom is -0.483 e. The van der Waals surface area contributed by atoms with Gasteiger partial charge in [0, 0.05) is 23.1 Å². The molecule has 0 radical (unpaired) electrons. The van der Waals surface area contributed by atoms with Gasteiger partial charge in [0.05, 0.1) is 4.47 Å². The topological polar surface area (TPSA) is 58.6 Å². The molecule has 0 aliphatic rings. The maximum absolute atomic E-state index is 13.3. The molecule has 0 spiro atoms. The van der Waals surface area contributed by atoms with Crippen LogP contribution in [-0.2, 0) is 22.6 Å². The van der Waals surface area contributed by atoms with E-state index in [1.54, 1.807) is 18.2 Å². The Kier molecular flexibility index (Phi) is 11.0. The number of rotatable bonds is 11. The second-order valence-electron chi connectivity index (χ2n) is 8.23. The Labute approximate surface area is 214 Å². The predicted octanol–water partition coefficient (Wildman–Crippen LogP) is 6.28. The van der Waals surface area contributed by atoms with Gasteiger partial charge in [-0.15, -0.1) is 0 Å². The summed E-state index contributed by atoms with van der Waals surface area (Å²) in [6.45, 7) is 8.49. The van der Waals surface area contributed by atoms with Crippen LogP contribution in [0, 0.1) is 5.92 Å². The highest BCUT2D eigenvalue weighted by Crippen LogP contribution is 2.27. The van der Waals surface area contributed by atoms with Crippen LogP contribution in [0.1, 0.15) is 45.2 Å². The van der Waals surface area contributed by atoms with Crippen LogP contribution in [0.25, 0.3) is 0 Å². The van der Waals surface area contributed by atoms with E-state index in [0.717, 1.165) is 16.5 Å². The lowest BCUT2D eigenvalue weighted by molar-refractivity contribution is -0.143. The van der Waals surface area contributed by atoms with Gasteiger partial charge in [-0.05, 0) is 70.1 Å². The van der Waals surface area contributed by atoms with Gasteiger partial charge < -0.3 is 15.0 Å². The summed E-state index contributed by atoms with van der Waals surface area (Å²) in [5.41, 5.74) is 1.87. The Balaban J connectivity index is 2.25. The molecule has 0 fully saturated rings. The molecule has 0 aliphatic heterocycles. The molecule has 33 heavy (non-hydrogen) atoms. The lowest BCUT2D eigenvalue weighted by Crippen LogP contribution is -2.50. The number of benzene rings is 2. The van der Waals surface area contributed by atoms with Crippen LogP contribution >= 0.6 is 39.1 Å². The molecule has 2 aromatic rings. The molecule has 180 valence electrons. The fraction of sp³-hybridized carbons (Fsp3) is 0.440. The van der Waals surface area contributed by atoms with Gasteiger partial charge in [0.15, 0.2) is 6.61 Å². The third kappa shape index (κ3) is 8.20. The van der Waals surface area contributed by atoms with Crippen molar-refractivity contribution in [1.29, 1.82) is 0 Å². The summed E-state index contributed by atoms with van der Waals surface area (Å²) in [5, 5.41) is 3.89. The Morgan fingerprint density at radius 1 is 1.12 bits per heavy atom. The van der Waals surface area contributed by atoms with Gasteiger partial charge in [0.2, 0.25) is 5.91 Å². The van der Waals surface area contributed by atoms with Crippen LogP contribution in [0.5, 0.6) is 5.75 Å². The molecule has 0 saturated carbocycles. The van der Waals surface area contributed by atoms with Gasteiger partial charge in [-0.1, -0.05) is 63.0 Å². The van der Waals surface area contributed by atoms with Crippen molar-refractivity contribution in [3.05, 3.63) is 62.0 Å². The first-order chi connectivity index (χ1) is 15.7. The third-order valence-corrected chi connectivity index (χ3v) is 6.39. The van der Waals surface area contributed by atoms with Crippen LogP contribution in [0.3, 0.4) is 0 Å².